The third kappa shape index (κ3) is 6.74. The molecule has 1 unspecified atom stereocenters. The first-order valence-corrected chi connectivity index (χ1v) is 12.0. The minimum absolute atomic E-state index is 0.0474. The van der Waals surface area contributed by atoms with Crippen LogP contribution in [0.2, 0.25) is 0 Å². The molecular weight excluding hydrogens is 396 g/mol. The van der Waals surface area contributed by atoms with Crippen LogP contribution in [0.1, 0.15) is 54.8 Å². The summed E-state index contributed by atoms with van der Waals surface area (Å²) in [4.78, 5) is 16.7. The van der Waals surface area contributed by atoms with Crippen LogP contribution in [0.5, 0.6) is 11.5 Å². The van der Waals surface area contributed by atoms with Gasteiger partial charge in [-0.15, -0.1) is 11.3 Å². The van der Waals surface area contributed by atoms with Crippen LogP contribution in [0, 0.1) is 5.92 Å². The van der Waals surface area contributed by atoms with E-state index in [0.29, 0.717) is 42.7 Å². The van der Waals surface area contributed by atoms with Crippen molar-refractivity contribution in [1.82, 2.24) is 10.2 Å². The van der Waals surface area contributed by atoms with E-state index in [1.54, 1.807) is 6.07 Å². The number of benzene rings is 1. The van der Waals surface area contributed by atoms with Gasteiger partial charge in [-0.05, 0) is 67.8 Å². The molecule has 1 aromatic carbocycles. The van der Waals surface area contributed by atoms with Crippen molar-refractivity contribution in [3.63, 3.8) is 0 Å². The Morgan fingerprint density at radius 1 is 1.17 bits per heavy atom. The summed E-state index contributed by atoms with van der Waals surface area (Å²) < 4.78 is 11.6. The van der Waals surface area contributed by atoms with Crippen molar-refractivity contribution in [1.29, 1.82) is 0 Å². The first-order valence-electron chi connectivity index (χ1n) is 11.1. The van der Waals surface area contributed by atoms with Crippen LogP contribution in [-0.2, 0) is 6.54 Å². The van der Waals surface area contributed by atoms with E-state index in [0.717, 1.165) is 38.9 Å². The van der Waals surface area contributed by atoms with Crippen LogP contribution in [0.25, 0.3) is 0 Å². The number of rotatable bonds is 11. The first kappa shape index (κ1) is 22.6. The molecule has 0 radical (unpaired) electrons. The molecule has 0 bridgehead atoms. The molecule has 1 atom stereocenters. The molecular formula is C24H34N2O3S. The second kappa shape index (κ2) is 12.0. The van der Waals surface area contributed by atoms with Gasteiger partial charge in [0.25, 0.3) is 5.91 Å². The molecule has 5 nitrogen and oxygen atoms in total. The van der Waals surface area contributed by atoms with Crippen LogP contribution in [0.4, 0.5) is 0 Å². The fourth-order valence-corrected chi connectivity index (χ4v) is 4.48. The van der Waals surface area contributed by atoms with E-state index in [1.807, 2.05) is 23.5 Å². The number of ether oxygens (including phenoxy) is 2. The van der Waals surface area contributed by atoms with E-state index in [1.165, 1.54) is 11.3 Å². The van der Waals surface area contributed by atoms with E-state index in [9.17, 15) is 4.79 Å². The zero-order valence-electron chi connectivity index (χ0n) is 18.2. The molecule has 0 spiro atoms. The Kier molecular flexibility index (Phi) is 9.02. The number of carbonyl (C=O) groups is 1. The molecule has 1 fully saturated rings. The highest BCUT2D eigenvalue weighted by Gasteiger charge is 2.21. The molecule has 6 heteroatoms. The summed E-state index contributed by atoms with van der Waals surface area (Å²) in [5, 5.41) is 5.27. The summed E-state index contributed by atoms with van der Waals surface area (Å²) in [7, 11) is 0. The third-order valence-electron chi connectivity index (χ3n) is 5.24. The number of hydrogen-bond acceptors (Lipinski definition) is 5. The second-order valence-electron chi connectivity index (χ2n) is 7.89. The number of carbonyl (C=O) groups excluding carboxylic acids is 1. The van der Waals surface area contributed by atoms with Gasteiger partial charge in [-0.1, -0.05) is 19.9 Å². The highest BCUT2D eigenvalue weighted by Crippen LogP contribution is 2.29. The van der Waals surface area contributed by atoms with E-state index < -0.39 is 0 Å². The van der Waals surface area contributed by atoms with Crippen LogP contribution in [0.15, 0.2) is 35.7 Å². The van der Waals surface area contributed by atoms with Crippen LogP contribution < -0.4 is 14.8 Å². The minimum atomic E-state index is -0.0474. The predicted octanol–water partition coefficient (Wildman–Crippen LogP) is 4.97. The SMILES string of the molecule is CCCOc1ccc(C(=O)NCC2CCCN(Cc3cccs3)C2)cc1OCCC. The van der Waals surface area contributed by atoms with Gasteiger partial charge in [-0.25, -0.2) is 0 Å². The van der Waals surface area contributed by atoms with E-state index in [2.05, 4.69) is 41.6 Å². The van der Waals surface area contributed by atoms with Crippen molar-refractivity contribution in [2.24, 2.45) is 5.92 Å². The lowest BCUT2D eigenvalue weighted by Gasteiger charge is -2.32. The van der Waals surface area contributed by atoms with Crippen molar-refractivity contribution in [3.05, 3.63) is 46.2 Å². The number of nitrogens with one attached hydrogen (secondary N) is 1. The van der Waals surface area contributed by atoms with Crippen LogP contribution in [0.3, 0.4) is 0 Å². The van der Waals surface area contributed by atoms with Crippen molar-refractivity contribution in [3.8, 4) is 11.5 Å². The van der Waals surface area contributed by atoms with Gasteiger partial charge in [0.05, 0.1) is 13.2 Å². The molecule has 3 rings (SSSR count). The lowest BCUT2D eigenvalue weighted by Crippen LogP contribution is -2.40. The third-order valence-corrected chi connectivity index (χ3v) is 6.10. The van der Waals surface area contributed by atoms with Crippen LogP contribution in [-0.4, -0.2) is 43.7 Å². The molecule has 30 heavy (non-hydrogen) atoms. The lowest BCUT2D eigenvalue weighted by atomic mass is 9.97. The van der Waals surface area contributed by atoms with Gasteiger partial charge in [-0.3, -0.25) is 9.69 Å². The van der Waals surface area contributed by atoms with Crippen LogP contribution >= 0.6 is 11.3 Å². The number of hydrogen-bond donors (Lipinski definition) is 1. The highest BCUT2D eigenvalue weighted by molar-refractivity contribution is 7.09. The largest absolute Gasteiger partial charge is 0.490 e. The fourth-order valence-electron chi connectivity index (χ4n) is 3.73. The smallest absolute Gasteiger partial charge is 0.251 e. The molecule has 2 heterocycles. The molecule has 1 saturated heterocycles. The molecule has 164 valence electrons. The second-order valence-corrected chi connectivity index (χ2v) is 8.92. The Labute approximate surface area is 184 Å². The minimum Gasteiger partial charge on any atom is -0.490 e. The number of thiophene rings is 1. The van der Waals surface area contributed by atoms with Gasteiger partial charge in [0.2, 0.25) is 0 Å². The number of nitrogens with zero attached hydrogens (tertiary/aromatic N) is 1. The molecule has 0 saturated carbocycles. The lowest BCUT2D eigenvalue weighted by molar-refractivity contribution is 0.0930. The Hall–Kier alpha value is -2.05. The normalized spacial score (nSPS) is 16.9. The van der Waals surface area contributed by atoms with Crippen molar-refractivity contribution < 1.29 is 14.3 Å². The number of amides is 1. The maximum atomic E-state index is 12.8. The van der Waals surface area contributed by atoms with Gasteiger partial charge < -0.3 is 14.8 Å². The summed E-state index contributed by atoms with van der Waals surface area (Å²) in [6, 6.07) is 9.78. The Morgan fingerprint density at radius 2 is 1.97 bits per heavy atom. The Balaban J connectivity index is 1.54. The summed E-state index contributed by atoms with van der Waals surface area (Å²) in [5.74, 6) is 1.80. The standard InChI is InChI=1S/C24H34N2O3S/c1-3-12-28-22-10-9-20(15-23(22)29-13-4-2)24(27)25-16-19-7-5-11-26(17-19)18-21-8-6-14-30-21/h6,8-10,14-15,19H,3-5,7,11-13,16-18H2,1-2H3,(H,25,27). The van der Waals surface area contributed by atoms with E-state index in [-0.39, 0.29) is 5.91 Å². The van der Waals surface area contributed by atoms with Crippen molar-refractivity contribution >= 4 is 17.2 Å². The molecule has 1 amide bonds. The predicted molar refractivity (Wildman–Crippen MR) is 123 cm³/mol. The molecule has 1 aliphatic rings. The topological polar surface area (TPSA) is 50.8 Å². The van der Waals surface area contributed by atoms with Crippen molar-refractivity contribution in [2.75, 3.05) is 32.8 Å². The summed E-state index contributed by atoms with van der Waals surface area (Å²) in [6.07, 6.45) is 4.19. The summed E-state index contributed by atoms with van der Waals surface area (Å²) >= 11 is 1.81. The Morgan fingerprint density at radius 3 is 2.70 bits per heavy atom. The maximum absolute atomic E-state index is 12.8. The van der Waals surface area contributed by atoms with Gasteiger partial charge in [0, 0.05) is 30.1 Å². The monoisotopic (exact) mass is 430 g/mol. The molecule has 1 N–H and O–H groups in total. The maximum Gasteiger partial charge on any atom is 0.251 e. The first-order chi connectivity index (χ1) is 14.7. The molecule has 2 aromatic rings. The summed E-state index contributed by atoms with van der Waals surface area (Å²) in [6.45, 7) is 9.27. The molecule has 0 aliphatic carbocycles. The number of piperidine rings is 1. The highest BCUT2D eigenvalue weighted by atomic mass is 32.1. The van der Waals surface area contributed by atoms with E-state index >= 15 is 0 Å². The average molecular weight is 431 g/mol. The summed E-state index contributed by atoms with van der Waals surface area (Å²) in [5.41, 5.74) is 0.621. The molecule has 1 aromatic heterocycles. The molecule has 1 aliphatic heterocycles. The van der Waals surface area contributed by atoms with Crippen molar-refractivity contribution in [2.45, 2.75) is 46.1 Å². The van der Waals surface area contributed by atoms with Gasteiger partial charge >= 0.3 is 0 Å². The Bertz CT molecular complexity index is 779. The fraction of sp³-hybridized carbons (Fsp3) is 0.542. The van der Waals surface area contributed by atoms with Gasteiger partial charge in [0.1, 0.15) is 0 Å². The van der Waals surface area contributed by atoms with Gasteiger partial charge in [0.15, 0.2) is 11.5 Å². The average Bonchev–Trinajstić information content (AvgIpc) is 3.28. The zero-order valence-corrected chi connectivity index (χ0v) is 19.0. The van der Waals surface area contributed by atoms with Gasteiger partial charge in [-0.2, -0.15) is 0 Å². The quantitative estimate of drug-likeness (QED) is 0.547. The number of likely N-dealkylation sites (tertiary alicyclic amines) is 1. The van der Waals surface area contributed by atoms with E-state index in [4.69, 9.17) is 9.47 Å². The zero-order chi connectivity index (χ0) is 21.2.